The van der Waals surface area contributed by atoms with E-state index >= 15 is 0 Å². The molecule has 1 aliphatic carbocycles. The van der Waals surface area contributed by atoms with Crippen LogP contribution < -0.4 is 4.74 Å². The normalized spacial score (nSPS) is 30.0. The molecular formula is C18H22O6. The second-order valence-electron chi connectivity index (χ2n) is 6.63. The summed E-state index contributed by atoms with van der Waals surface area (Å²) < 4.78 is 5.08. The average Bonchev–Trinajstić information content (AvgIpc) is 2.44. The molecule has 1 saturated carbocycles. The quantitative estimate of drug-likeness (QED) is 0.812. The van der Waals surface area contributed by atoms with Crippen molar-refractivity contribution in [1.29, 1.82) is 0 Å². The Morgan fingerprint density at radius 2 is 1.88 bits per heavy atom. The van der Waals surface area contributed by atoms with Crippen LogP contribution in [0.5, 0.6) is 11.5 Å². The number of benzene rings is 1. The molecule has 2 N–H and O–H groups in total. The number of aromatic hydroxyl groups is 1. The fourth-order valence-electron chi connectivity index (χ4n) is 3.81. The highest BCUT2D eigenvalue weighted by Gasteiger charge is 2.53. The van der Waals surface area contributed by atoms with Gasteiger partial charge in [0.25, 0.3) is 0 Å². The smallest absolute Gasteiger partial charge is 0.160 e. The molecule has 0 spiro atoms. The second kappa shape index (κ2) is 6.36. The van der Waals surface area contributed by atoms with Crippen LogP contribution in [-0.4, -0.2) is 40.3 Å². The van der Waals surface area contributed by atoms with Crippen LogP contribution in [-0.2, 0) is 14.4 Å². The maximum atomic E-state index is 12.5. The van der Waals surface area contributed by atoms with Crippen molar-refractivity contribution in [1.82, 2.24) is 0 Å². The molecule has 6 heteroatoms. The van der Waals surface area contributed by atoms with E-state index in [0.29, 0.717) is 5.56 Å². The van der Waals surface area contributed by atoms with Gasteiger partial charge in [-0.25, -0.2) is 0 Å². The molecule has 24 heavy (non-hydrogen) atoms. The van der Waals surface area contributed by atoms with E-state index in [2.05, 4.69) is 0 Å². The van der Waals surface area contributed by atoms with Gasteiger partial charge in [-0.2, -0.15) is 0 Å². The Bertz CT molecular complexity index is 691. The van der Waals surface area contributed by atoms with Gasteiger partial charge in [-0.05, 0) is 38.5 Å². The molecule has 0 aliphatic heterocycles. The molecule has 4 atom stereocenters. The number of phenolic OH excluding ortho intramolecular Hbond substituents is 1. The first-order valence-electron chi connectivity index (χ1n) is 7.73. The van der Waals surface area contributed by atoms with E-state index in [-0.39, 0.29) is 35.3 Å². The number of ketones is 3. The minimum absolute atomic E-state index is 0.0890. The Balaban J connectivity index is 2.67. The van der Waals surface area contributed by atoms with E-state index in [0.717, 1.165) is 0 Å². The fraction of sp³-hybridized carbons (Fsp3) is 0.500. The van der Waals surface area contributed by atoms with E-state index in [9.17, 15) is 24.6 Å². The fourth-order valence-corrected chi connectivity index (χ4v) is 3.81. The van der Waals surface area contributed by atoms with Crippen molar-refractivity contribution in [2.24, 2.45) is 11.8 Å². The number of carbonyl (C=O) groups excluding carboxylic acids is 3. The van der Waals surface area contributed by atoms with Gasteiger partial charge in [0.2, 0.25) is 0 Å². The minimum atomic E-state index is -1.54. The van der Waals surface area contributed by atoms with Crippen molar-refractivity contribution in [3.05, 3.63) is 23.8 Å². The third-order valence-electron chi connectivity index (χ3n) is 4.73. The topological polar surface area (TPSA) is 101 Å². The molecule has 130 valence electrons. The molecule has 0 saturated heterocycles. The van der Waals surface area contributed by atoms with Crippen molar-refractivity contribution in [2.75, 3.05) is 7.11 Å². The van der Waals surface area contributed by atoms with Crippen LogP contribution in [0.4, 0.5) is 0 Å². The summed E-state index contributed by atoms with van der Waals surface area (Å²) in [6.45, 7) is 4.10. The number of ether oxygens (including phenoxy) is 1. The molecule has 6 nitrogen and oxygen atoms in total. The highest BCUT2D eigenvalue weighted by Crippen LogP contribution is 2.47. The number of rotatable bonds is 4. The van der Waals surface area contributed by atoms with Gasteiger partial charge in [-0.1, -0.05) is 6.07 Å². The van der Waals surface area contributed by atoms with Gasteiger partial charge in [0.1, 0.15) is 17.3 Å². The number of phenols is 1. The zero-order valence-corrected chi connectivity index (χ0v) is 14.2. The number of carbonyl (C=O) groups is 3. The van der Waals surface area contributed by atoms with Crippen molar-refractivity contribution in [3.8, 4) is 11.5 Å². The lowest BCUT2D eigenvalue weighted by atomic mass is 9.60. The predicted molar refractivity (Wildman–Crippen MR) is 86.0 cm³/mol. The van der Waals surface area contributed by atoms with Crippen LogP contribution in [0.25, 0.3) is 0 Å². The molecule has 1 aromatic rings. The molecule has 1 aliphatic rings. The molecule has 0 heterocycles. The highest BCUT2D eigenvalue weighted by atomic mass is 16.5. The molecule has 0 radical (unpaired) electrons. The lowest BCUT2D eigenvalue weighted by molar-refractivity contribution is -0.151. The van der Waals surface area contributed by atoms with Crippen LogP contribution >= 0.6 is 0 Å². The molecule has 0 bridgehead atoms. The first-order valence-corrected chi connectivity index (χ1v) is 7.73. The number of aliphatic hydroxyl groups is 1. The standard InChI is InChI=1S/C18H22O6/c1-9(19)15-13(22)8-18(3,23)17(10(2)20)16(15)11-5-6-12(21)14(7-11)24-4/h5-7,15-17,21,23H,8H2,1-4H3/t15-,16-,17-,18-/m0/s1. The molecule has 1 aromatic carbocycles. The van der Waals surface area contributed by atoms with Crippen LogP contribution in [0.15, 0.2) is 18.2 Å². The largest absolute Gasteiger partial charge is 0.504 e. The Hall–Kier alpha value is -2.21. The highest BCUT2D eigenvalue weighted by molar-refractivity contribution is 6.05. The molecule has 1 fully saturated rings. The average molecular weight is 334 g/mol. The Morgan fingerprint density at radius 1 is 1.25 bits per heavy atom. The molecule has 0 aromatic heterocycles. The summed E-state index contributed by atoms with van der Waals surface area (Å²) >= 11 is 0. The molecular weight excluding hydrogens is 312 g/mol. The van der Waals surface area contributed by atoms with E-state index in [4.69, 9.17) is 4.74 Å². The lowest BCUT2D eigenvalue weighted by Gasteiger charge is -2.44. The maximum absolute atomic E-state index is 12.5. The van der Waals surface area contributed by atoms with Gasteiger partial charge >= 0.3 is 0 Å². The Morgan fingerprint density at radius 3 is 2.38 bits per heavy atom. The summed E-state index contributed by atoms with van der Waals surface area (Å²) in [5.74, 6) is -3.65. The van der Waals surface area contributed by atoms with Gasteiger partial charge < -0.3 is 14.9 Å². The van der Waals surface area contributed by atoms with Gasteiger partial charge in [0.15, 0.2) is 11.5 Å². The minimum Gasteiger partial charge on any atom is -0.504 e. The first-order chi connectivity index (χ1) is 11.1. The van der Waals surface area contributed by atoms with Crippen LogP contribution in [0.1, 0.15) is 38.7 Å². The number of hydrogen-bond acceptors (Lipinski definition) is 6. The third-order valence-corrected chi connectivity index (χ3v) is 4.73. The Labute approximate surface area is 140 Å². The van der Waals surface area contributed by atoms with Crippen LogP contribution in [0, 0.1) is 11.8 Å². The molecule has 2 rings (SSSR count). The van der Waals surface area contributed by atoms with Crippen LogP contribution in [0.2, 0.25) is 0 Å². The number of hydrogen-bond donors (Lipinski definition) is 2. The summed E-state index contributed by atoms with van der Waals surface area (Å²) in [6.07, 6.45) is -0.243. The van der Waals surface area contributed by atoms with Gasteiger partial charge in [0.05, 0.1) is 24.5 Å². The predicted octanol–water partition coefficient (Wildman–Crippen LogP) is 1.62. The first kappa shape index (κ1) is 18.1. The second-order valence-corrected chi connectivity index (χ2v) is 6.63. The van der Waals surface area contributed by atoms with E-state index < -0.39 is 23.4 Å². The Kier molecular flexibility index (Phi) is 4.80. The van der Waals surface area contributed by atoms with Gasteiger partial charge in [-0.3, -0.25) is 14.4 Å². The third kappa shape index (κ3) is 3.06. The zero-order chi connectivity index (χ0) is 18.2. The monoisotopic (exact) mass is 334 g/mol. The van der Waals surface area contributed by atoms with Gasteiger partial charge in [-0.15, -0.1) is 0 Å². The summed E-state index contributed by atoms with van der Waals surface area (Å²) in [7, 11) is 1.38. The number of methoxy groups -OCH3 is 1. The summed E-state index contributed by atoms with van der Waals surface area (Å²) in [6, 6.07) is 4.43. The summed E-state index contributed by atoms with van der Waals surface area (Å²) in [4.78, 5) is 36.8. The van der Waals surface area contributed by atoms with Gasteiger partial charge in [0, 0.05) is 12.3 Å². The maximum Gasteiger partial charge on any atom is 0.160 e. The van der Waals surface area contributed by atoms with E-state index in [1.807, 2.05) is 0 Å². The van der Waals surface area contributed by atoms with Crippen molar-refractivity contribution in [3.63, 3.8) is 0 Å². The molecule has 0 amide bonds. The summed E-state index contributed by atoms with van der Waals surface area (Å²) in [5.41, 5.74) is -1.04. The number of Topliss-reactive ketones (excluding diaryl/α,β-unsaturated/α-hetero) is 3. The van der Waals surface area contributed by atoms with E-state index in [1.54, 1.807) is 6.07 Å². The zero-order valence-electron chi connectivity index (χ0n) is 14.2. The van der Waals surface area contributed by atoms with Crippen LogP contribution in [0.3, 0.4) is 0 Å². The SMILES string of the molecule is COc1cc([C@H]2[C@@H](C(C)=O)C(=O)C[C@](C)(O)[C@H]2C(C)=O)ccc1O. The van der Waals surface area contributed by atoms with Crippen molar-refractivity contribution in [2.45, 2.75) is 38.7 Å². The lowest BCUT2D eigenvalue weighted by Crippen LogP contribution is -2.53. The van der Waals surface area contributed by atoms with Crippen molar-refractivity contribution < 1.29 is 29.3 Å². The van der Waals surface area contributed by atoms with E-state index in [1.165, 1.54) is 40.0 Å². The van der Waals surface area contributed by atoms with Crippen molar-refractivity contribution >= 4 is 17.3 Å². The molecule has 0 unspecified atom stereocenters. The summed E-state index contributed by atoms with van der Waals surface area (Å²) in [5, 5.41) is 20.4.